The number of ketones is 1. The molecule has 1 saturated heterocycles. The third-order valence-electron chi connectivity index (χ3n) is 5.37. The molecule has 1 fully saturated rings. The molecular formula is C25H20BrNO5. The molecule has 32 heavy (non-hydrogen) atoms. The van der Waals surface area contributed by atoms with Crippen LogP contribution in [0.4, 0.5) is 0 Å². The number of rotatable bonds is 5. The Morgan fingerprint density at radius 2 is 1.66 bits per heavy atom. The van der Waals surface area contributed by atoms with Gasteiger partial charge in [-0.3, -0.25) is 9.59 Å². The molecule has 0 spiro atoms. The minimum atomic E-state index is -0.874. The highest BCUT2D eigenvalue weighted by molar-refractivity contribution is 9.10. The van der Waals surface area contributed by atoms with Crippen molar-refractivity contribution in [2.45, 2.75) is 12.6 Å². The zero-order chi connectivity index (χ0) is 22.8. The maximum atomic E-state index is 13.1. The second-order valence-corrected chi connectivity index (χ2v) is 8.19. The molecule has 1 aliphatic heterocycles. The number of aliphatic hydroxyl groups is 1. The summed E-state index contributed by atoms with van der Waals surface area (Å²) in [7, 11) is 1.41. The van der Waals surface area contributed by atoms with E-state index in [2.05, 4.69) is 15.9 Å². The highest BCUT2D eigenvalue weighted by atomic mass is 79.9. The van der Waals surface area contributed by atoms with Crippen LogP contribution in [0.3, 0.4) is 0 Å². The van der Waals surface area contributed by atoms with Crippen LogP contribution in [-0.2, 0) is 16.1 Å². The monoisotopic (exact) mass is 493 g/mol. The minimum absolute atomic E-state index is 0.0169. The van der Waals surface area contributed by atoms with Gasteiger partial charge in [-0.05, 0) is 39.2 Å². The number of phenols is 1. The van der Waals surface area contributed by atoms with E-state index in [0.29, 0.717) is 15.6 Å². The number of benzene rings is 3. The van der Waals surface area contributed by atoms with Gasteiger partial charge in [-0.1, -0.05) is 60.7 Å². The summed E-state index contributed by atoms with van der Waals surface area (Å²) in [5.41, 5.74) is 1.76. The largest absolute Gasteiger partial charge is 0.507 e. The number of carbonyl (C=O) groups is 2. The van der Waals surface area contributed by atoms with Crippen molar-refractivity contribution in [2.24, 2.45) is 0 Å². The normalized spacial score (nSPS) is 17.6. The Balaban J connectivity index is 1.92. The lowest BCUT2D eigenvalue weighted by Crippen LogP contribution is -2.29. The van der Waals surface area contributed by atoms with Crippen molar-refractivity contribution in [3.63, 3.8) is 0 Å². The van der Waals surface area contributed by atoms with Gasteiger partial charge in [0.1, 0.15) is 5.76 Å². The van der Waals surface area contributed by atoms with Crippen LogP contribution in [0.15, 0.2) is 82.8 Å². The van der Waals surface area contributed by atoms with Crippen LogP contribution in [-0.4, -0.2) is 33.9 Å². The number of phenolic OH excluding ortho intramolecular Hbond substituents is 1. The first-order valence-corrected chi connectivity index (χ1v) is 10.7. The fourth-order valence-corrected chi connectivity index (χ4v) is 4.29. The third kappa shape index (κ3) is 3.87. The van der Waals surface area contributed by atoms with Gasteiger partial charge in [-0.25, -0.2) is 0 Å². The predicted molar refractivity (Wildman–Crippen MR) is 123 cm³/mol. The fourth-order valence-electron chi connectivity index (χ4n) is 3.83. The maximum absolute atomic E-state index is 13.1. The summed E-state index contributed by atoms with van der Waals surface area (Å²) >= 11 is 3.31. The lowest BCUT2D eigenvalue weighted by Gasteiger charge is -2.26. The van der Waals surface area contributed by atoms with Crippen molar-refractivity contribution in [1.29, 1.82) is 0 Å². The number of hydrogen-bond acceptors (Lipinski definition) is 5. The SMILES string of the molecule is COc1cc(C2C(=C(O)c3ccccc3)C(=O)C(=O)N2Cc2ccccc2)cc(Br)c1O. The third-order valence-corrected chi connectivity index (χ3v) is 5.97. The Morgan fingerprint density at radius 1 is 1.03 bits per heavy atom. The van der Waals surface area contributed by atoms with Gasteiger partial charge in [0.25, 0.3) is 11.7 Å². The summed E-state index contributed by atoms with van der Waals surface area (Å²) in [6, 6.07) is 20.2. The molecule has 4 rings (SSSR count). The molecule has 1 heterocycles. The van der Waals surface area contributed by atoms with Gasteiger partial charge in [-0.15, -0.1) is 0 Å². The van der Waals surface area contributed by atoms with Crippen LogP contribution in [0.25, 0.3) is 5.76 Å². The first-order valence-electron chi connectivity index (χ1n) is 9.86. The Kier molecular flexibility index (Phi) is 6.01. The zero-order valence-electron chi connectivity index (χ0n) is 17.2. The van der Waals surface area contributed by atoms with E-state index >= 15 is 0 Å². The van der Waals surface area contributed by atoms with Gasteiger partial charge in [0.15, 0.2) is 11.5 Å². The van der Waals surface area contributed by atoms with E-state index in [9.17, 15) is 19.8 Å². The summed E-state index contributed by atoms with van der Waals surface area (Å²) in [6.07, 6.45) is 0. The van der Waals surface area contributed by atoms with Gasteiger partial charge < -0.3 is 19.8 Å². The number of Topliss-reactive ketones (excluding diaryl/α,β-unsaturated/α-hetero) is 1. The van der Waals surface area contributed by atoms with Crippen molar-refractivity contribution in [3.05, 3.63) is 99.5 Å². The molecule has 0 bridgehead atoms. The van der Waals surface area contributed by atoms with E-state index in [4.69, 9.17) is 4.74 Å². The van der Waals surface area contributed by atoms with Crippen LogP contribution in [0.5, 0.6) is 11.5 Å². The topological polar surface area (TPSA) is 87.1 Å². The van der Waals surface area contributed by atoms with Gasteiger partial charge in [0.05, 0.1) is 23.2 Å². The molecule has 0 radical (unpaired) electrons. The molecule has 162 valence electrons. The first-order chi connectivity index (χ1) is 15.4. The van der Waals surface area contributed by atoms with E-state index in [1.54, 1.807) is 42.5 Å². The zero-order valence-corrected chi connectivity index (χ0v) is 18.7. The summed E-state index contributed by atoms with van der Waals surface area (Å²) in [4.78, 5) is 27.6. The second-order valence-electron chi connectivity index (χ2n) is 7.33. The van der Waals surface area contributed by atoms with E-state index in [0.717, 1.165) is 5.56 Å². The number of likely N-dealkylation sites (tertiary alicyclic amines) is 1. The van der Waals surface area contributed by atoms with Crippen LogP contribution in [0.2, 0.25) is 0 Å². The Hall–Kier alpha value is -3.58. The van der Waals surface area contributed by atoms with Crippen molar-refractivity contribution >= 4 is 33.4 Å². The molecule has 3 aromatic carbocycles. The lowest BCUT2D eigenvalue weighted by atomic mass is 9.95. The molecule has 1 atom stereocenters. The number of ether oxygens (including phenoxy) is 1. The van der Waals surface area contributed by atoms with Crippen molar-refractivity contribution in [1.82, 2.24) is 4.90 Å². The summed E-state index contributed by atoms with van der Waals surface area (Å²) in [6.45, 7) is 0.169. The number of methoxy groups -OCH3 is 1. The molecular weight excluding hydrogens is 474 g/mol. The molecule has 6 nitrogen and oxygen atoms in total. The van der Waals surface area contributed by atoms with Crippen molar-refractivity contribution in [2.75, 3.05) is 7.11 Å². The van der Waals surface area contributed by atoms with Gasteiger partial charge in [0.2, 0.25) is 0 Å². The van der Waals surface area contributed by atoms with Gasteiger partial charge in [0, 0.05) is 12.1 Å². The molecule has 0 aliphatic carbocycles. The Morgan fingerprint density at radius 3 is 2.28 bits per heavy atom. The number of nitrogens with zero attached hydrogens (tertiary/aromatic N) is 1. The number of hydrogen-bond donors (Lipinski definition) is 2. The molecule has 7 heteroatoms. The van der Waals surface area contributed by atoms with E-state index in [-0.39, 0.29) is 29.4 Å². The van der Waals surface area contributed by atoms with Crippen molar-refractivity contribution < 1.29 is 24.5 Å². The first kappa shape index (κ1) is 21.6. The molecule has 1 amide bonds. The molecule has 1 unspecified atom stereocenters. The molecule has 3 aromatic rings. The van der Waals surface area contributed by atoms with Crippen LogP contribution in [0, 0.1) is 0 Å². The quantitative estimate of drug-likeness (QED) is 0.303. The average Bonchev–Trinajstić information content (AvgIpc) is 3.06. The number of carbonyl (C=O) groups excluding carboxylic acids is 2. The second kappa shape index (κ2) is 8.88. The predicted octanol–water partition coefficient (Wildman–Crippen LogP) is 4.79. The fraction of sp³-hybridized carbons (Fsp3) is 0.120. The molecule has 1 aliphatic rings. The smallest absolute Gasteiger partial charge is 0.295 e. The summed E-state index contributed by atoms with van der Waals surface area (Å²) in [5.74, 6) is -1.65. The average molecular weight is 494 g/mol. The summed E-state index contributed by atoms with van der Waals surface area (Å²) < 4.78 is 5.61. The molecule has 0 aromatic heterocycles. The number of amides is 1. The van der Waals surface area contributed by atoms with Gasteiger partial charge >= 0.3 is 0 Å². The van der Waals surface area contributed by atoms with Crippen LogP contribution < -0.4 is 4.74 Å². The maximum Gasteiger partial charge on any atom is 0.295 e. The van der Waals surface area contributed by atoms with Crippen LogP contribution in [0.1, 0.15) is 22.7 Å². The van der Waals surface area contributed by atoms with Crippen LogP contribution >= 0.6 is 15.9 Å². The minimum Gasteiger partial charge on any atom is -0.507 e. The Labute approximate surface area is 193 Å². The highest BCUT2D eigenvalue weighted by Gasteiger charge is 2.46. The van der Waals surface area contributed by atoms with E-state index in [1.807, 2.05) is 30.3 Å². The van der Waals surface area contributed by atoms with E-state index in [1.165, 1.54) is 12.0 Å². The number of aliphatic hydroxyl groups excluding tert-OH is 1. The number of halogens is 1. The van der Waals surface area contributed by atoms with Gasteiger partial charge in [-0.2, -0.15) is 0 Å². The molecule has 0 saturated carbocycles. The molecule has 2 N–H and O–H groups in total. The standard InChI is InChI=1S/C25H20BrNO5/c1-32-19-13-17(12-18(26)23(19)29)21-20(22(28)16-10-6-3-7-11-16)24(30)25(31)27(21)14-15-8-4-2-5-9-15/h2-13,21,28-29H,14H2,1H3. The summed E-state index contributed by atoms with van der Waals surface area (Å²) in [5, 5.41) is 21.3. The Bertz CT molecular complexity index is 1210. The highest BCUT2D eigenvalue weighted by Crippen LogP contribution is 2.44. The van der Waals surface area contributed by atoms with Crippen molar-refractivity contribution in [3.8, 4) is 11.5 Å². The lowest BCUT2D eigenvalue weighted by molar-refractivity contribution is -0.140. The number of aromatic hydroxyl groups is 1. The van der Waals surface area contributed by atoms with E-state index < -0.39 is 17.7 Å².